The van der Waals surface area contributed by atoms with E-state index in [9.17, 15) is 5.11 Å². The van der Waals surface area contributed by atoms with Crippen LogP contribution in [-0.4, -0.2) is 11.2 Å². The zero-order valence-electron chi connectivity index (χ0n) is 10.2. The first-order chi connectivity index (χ1) is 7.79. The molecule has 2 rings (SSSR count). The second kappa shape index (κ2) is 5.01. The molecule has 1 aliphatic rings. The second-order valence-corrected chi connectivity index (χ2v) is 5.03. The molecule has 0 amide bonds. The summed E-state index contributed by atoms with van der Waals surface area (Å²) in [6, 6.07) is 10.6. The smallest absolute Gasteiger partial charge is 0.0636 e. The summed E-state index contributed by atoms with van der Waals surface area (Å²) in [6.45, 7) is 2.15. The summed E-state index contributed by atoms with van der Waals surface area (Å²) < 4.78 is 0. The van der Waals surface area contributed by atoms with Crippen molar-refractivity contribution in [2.45, 2.75) is 57.0 Å². The molecule has 1 unspecified atom stereocenters. The van der Waals surface area contributed by atoms with E-state index in [1.54, 1.807) is 0 Å². The van der Waals surface area contributed by atoms with Crippen LogP contribution in [0.3, 0.4) is 0 Å². The summed E-state index contributed by atoms with van der Waals surface area (Å²) in [5.41, 5.74) is 1.39. The van der Waals surface area contributed by atoms with Crippen LogP contribution in [0, 0.1) is 0 Å². The lowest BCUT2D eigenvalue weighted by molar-refractivity contribution is 0.0737. The third-order valence-corrected chi connectivity index (χ3v) is 4.04. The van der Waals surface area contributed by atoms with Gasteiger partial charge >= 0.3 is 0 Å². The molecule has 0 heterocycles. The highest BCUT2D eigenvalue weighted by Crippen LogP contribution is 2.44. The number of aliphatic hydroxyl groups excluding tert-OH is 1. The summed E-state index contributed by atoms with van der Waals surface area (Å²) in [5.74, 6) is 0. The Labute approximate surface area is 98.5 Å². The normalized spacial score (nSPS) is 20.9. The predicted molar refractivity (Wildman–Crippen MR) is 67.5 cm³/mol. The van der Waals surface area contributed by atoms with Gasteiger partial charge in [-0.1, -0.05) is 56.5 Å². The molecule has 0 aromatic heterocycles. The third kappa shape index (κ3) is 2.01. The molecule has 0 bridgehead atoms. The Morgan fingerprint density at radius 3 is 2.38 bits per heavy atom. The van der Waals surface area contributed by atoms with Crippen molar-refractivity contribution in [1.29, 1.82) is 0 Å². The monoisotopic (exact) mass is 218 g/mol. The highest BCUT2D eigenvalue weighted by atomic mass is 16.3. The molecule has 0 aliphatic heterocycles. The van der Waals surface area contributed by atoms with Gasteiger partial charge in [-0.15, -0.1) is 0 Å². The minimum absolute atomic E-state index is 0.0528. The zero-order chi connectivity index (χ0) is 11.4. The van der Waals surface area contributed by atoms with E-state index in [4.69, 9.17) is 0 Å². The van der Waals surface area contributed by atoms with Gasteiger partial charge in [-0.2, -0.15) is 0 Å². The highest BCUT2D eigenvalue weighted by molar-refractivity contribution is 5.28. The van der Waals surface area contributed by atoms with Gasteiger partial charge in [0.25, 0.3) is 0 Å². The lowest BCUT2D eigenvalue weighted by Gasteiger charge is -2.35. The van der Waals surface area contributed by atoms with Gasteiger partial charge in [0.15, 0.2) is 0 Å². The van der Waals surface area contributed by atoms with E-state index in [-0.39, 0.29) is 11.5 Å². The van der Waals surface area contributed by atoms with Crippen molar-refractivity contribution in [1.82, 2.24) is 0 Å². The van der Waals surface area contributed by atoms with Gasteiger partial charge in [-0.25, -0.2) is 0 Å². The van der Waals surface area contributed by atoms with Crippen LogP contribution < -0.4 is 0 Å². The van der Waals surface area contributed by atoms with E-state index in [0.29, 0.717) is 0 Å². The molecule has 88 valence electrons. The summed E-state index contributed by atoms with van der Waals surface area (Å²) in [4.78, 5) is 0. The maximum Gasteiger partial charge on any atom is 0.0636 e. The van der Waals surface area contributed by atoms with E-state index >= 15 is 0 Å². The van der Waals surface area contributed by atoms with Crippen LogP contribution in [-0.2, 0) is 5.41 Å². The number of aliphatic hydroxyl groups is 1. The van der Waals surface area contributed by atoms with Crippen LogP contribution in [0.2, 0.25) is 0 Å². The number of hydrogen-bond acceptors (Lipinski definition) is 1. The fourth-order valence-electron chi connectivity index (χ4n) is 3.14. The molecule has 16 heavy (non-hydrogen) atoms. The maximum absolute atomic E-state index is 10.5. The molecule has 0 radical (unpaired) electrons. The van der Waals surface area contributed by atoms with E-state index in [0.717, 1.165) is 25.7 Å². The van der Waals surface area contributed by atoms with Crippen LogP contribution >= 0.6 is 0 Å². The maximum atomic E-state index is 10.5. The van der Waals surface area contributed by atoms with Gasteiger partial charge in [0, 0.05) is 5.41 Å². The average Bonchev–Trinajstić information content (AvgIpc) is 2.81. The summed E-state index contributed by atoms with van der Waals surface area (Å²) in [7, 11) is 0. The number of rotatable bonds is 4. The van der Waals surface area contributed by atoms with Crippen LogP contribution in [0.1, 0.15) is 51.0 Å². The van der Waals surface area contributed by atoms with Crippen molar-refractivity contribution in [3.63, 3.8) is 0 Å². The molecule has 1 fully saturated rings. The SMILES string of the molecule is CCCC(O)C1(c2ccccc2)CCCC1. The van der Waals surface area contributed by atoms with Crippen molar-refractivity contribution in [3.05, 3.63) is 35.9 Å². The third-order valence-electron chi connectivity index (χ3n) is 4.04. The molecule has 1 atom stereocenters. The highest BCUT2D eigenvalue weighted by Gasteiger charge is 2.41. The first kappa shape index (κ1) is 11.7. The molecule has 1 aliphatic carbocycles. The Kier molecular flexibility index (Phi) is 3.65. The molecular formula is C15H22O. The van der Waals surface area contributed by atoms with Gasteiger partial charge in [0.05, 0.1) is 6.10 Å². The number of benzene rings is 1. The predicted octanol–water partition coefficient (Wildman–Crippen LogP) is 3.66. The second-order valence-electron chi connectivity index (χ2n) is 5.03. The Bertz CT molecular complexity index is 311. The largest absolute Gasteiger partial charge is 0.392 e. The molecule has 1 aromatic carbocycles. The minimum Gasteiger partial charge on any atom is -0.392 e. The van der Waals surface area contributed by atoms with E-state index in [1.165, 1.54) is 18.4 Å². The van der Waals surface area contributed by atoms with Crippen molar-refractivity contribution in [3.8, 4) is 0 Å². The average molecular weight is 218 g/mol. The van der Waals surface area contributed by atoms with E-state index in [2.05, 4.69) is 37.3 Å². The molecule has 1 N–H and O–H groups in total. The van der Waals surface area contributed by atoms with Gasteiger partial charge in [-0.05, 0) is 24.8 Å². The Morgan fingerprint density at radius 1 is 1.19 bits per heavy atom. The van der Waals surface area contributed by atoms with E-state index < -0.39 is 0 Å². The van der Waals surface area contributed by atoms with E-state index in [1.807, 2.05) is 0 Å². The first-order valence-electron chi connectivity index (χ1n) is 6.53. The summed E-state index contributed by atoms with van der Waals surface area (Å²) in [6.07, 6.45) is 6.65. The van der Waals surface area contributed by atoms with Crippen LogP contribution in [0.5, 0.6) is 0 Å². The lowest BCUT2D eigenvalue weighted by Crippen LogP contribution is -2.36. The van der Waals surface area contributed by atoms with Crippen LogP contribution in [0.4, 0.5) is 0 Å². The lowest BCUT2D eigenvalue weighted by atomic mass is 9.73. The molecule has 0 spiro atoms. The van der Waals surface area contributed by atoms with Gasteiger partial charge in [-0.3, -0.25) is 0 Å². The molecule has 0 saturated heterocycles. The van der Waals surface area contributed by atoms with Crippen molar-refractivity contribution < 1.29 is 5.11 Å². The molecule has 1 heteroatoms. The Morgan fingerprint density at radius 2 is 1.81 bits per heavy atom. The molecular weight excluding hydrogens is 196 g/mol. The fraction of sp³-hybridized carbons (Fsp3) is 0.600. The van der Waals surface area contributed by atoms with Crippen LogP contribution in [0.25, 0.3) is 0 Å². The first-order valence-corrected chi connectivity index (χ1v) is 6.53. The Balaban J connectivity index is 2.28. The summed E-state index contributed by atoms with van der Waals surface area (Å²) >= 11 is 0. The molecule has 1 aromatic rings. The standard InChI is InChI=1S/C15H22O/c1-2-8-14(16)15(11-6-7-12-15)13-9-4-3-5-10-13/h3-5,9-10,14,16H,2,6-8,11-12H2,1H3. The van der Waals surface area contributed by atoms with Crippen LogP contribution in [0.15, 0.2) is 30.3 Å². The quantitative estimate of drug-likeness (QED) is 0.817. The summed E-state index contributed by atoms with van der Waals surface area (Å²) in [5, 5.41) is 10.5. The molecule has 1 saturated carbocycles. The topological polar surface area (TPSA) is 20.2 Å². The minimum atomic E-state index is -0.164. The fourth-order valence-corrected chi connectivity index (χ4v) is 3.14. The molecule has 1 nitrogen and oxygen atoms in total. The van der Waals surface area contributed by atoms with Crippen molar-refractivity contribution >= 4 is 0 Å². The van der Waals surface area contributed by atoms with Crippen molar-refractivity contribution in [2.24, 2.45) is 0 Å². The number of hydrogen-bond donors (Lipinski definition) is 1. The van der Waals surface area contributed by atoms with Crippen molar-refractivity contribution in [2.75, 3.05) is 0 Å². The Hall–Kier alpha value is -0.820. The van der Waals surface area contributed by atoms with Gasteiger partial charge in [0.1, 0.15) is 0 Å². The van der Waals surface area contributed by atoms with Gasteiger partial charge in [0.2, 0.25) is 0 Å². The zero-order valence-corrected chi connectivity index (χ0v) is 10.2. The van der Waals surface area contributed by atoms with Gasteiger partial charge < -0.3 is 5.11 Å².